The molecule has 0 saturated carbocycles. The second-order valence-electron chi connectivity index (χ2n) is 3.64. The maximum absolute atomic E-state index is 3.58. The van der Waals surface area contributed by atoms with E-state index in [0.29, 0.717) is 5.41 Å². The van der Waals surface area contributed by atoms with Crippen molar-refractivity contribution < 1.29 is 0 Å². The molecule has 0 aliphatic carbocycles. The Hall–Kier alpha value is -0.340. The normalized spacial score (nSPS) is 20.2. The van der Waals surface area contributed by atoms with Gasteiger partial charge in [-0.3, -0.25) is 0 Å². The van der Waals surface area contributed by atoms with E-state index >= 15 is 0 Å². The lowest BCUT2D eigenvalue weighted by Gasteiger charge is -2.40. The summed E-state index contributed by atoms with van der Waals surface area (Å²) in [7, 11) is 0. The van der Waals surface area contributed by atoms with Crippen molar-refractivity contribution >= 4 is 15.9 Å². The van der Waals surface area contributed by atoms with E-state index in [4.69, 9.17) is 0 Å². The van der Waals surface area contributed by atoms with E-state index in [2.05, 4.69) is 52.4 Å². The number of hydrogen-bond donors (Lipinski definition) is 1. The van der Waals surface area contributed by atoms with Gasteiger partial charge >= 0.3 is 0 Å². The molecule has 1 fully saturated rings. The summed E-state index contributed by atoms with van der Waals surface area (Å²) in [6, 6.07) is 8.47. The zero-order valence-electron chi connectivity index (χ0n) is 7.10. The first-order valence-corrected chi connectivity index (χ1v) is 4.97. The number of rotatable bonds is 1. The first-order chi connectivity index (χ1) is 5.72. The third-order valence-corrected chi connectivity index (χ3v) is 3.25. The maximum atomic E-state index is 3.58. The molecule has 1 heterocycles. The Morgan fingerprint density at radius 1 is 1.33 bits per heavy atom. The molecule has 0 unspecified atom stereocenters. The first-order valence-electron chi connectivity index (χ1n) is 4.18. The van der Waals surface area contributed by atoms with Crippen molar-refractivity contribution in [3.05, 3.63) is 34.3 Å². The van der Waals surface area contributed by atoms with Gasteiger partial charge in [0.15, 0.2) is 0 Å². The van der Waals surface area contributed by atoms with E-state index in [1.54, 1.807) is 0 Å². The molecule has 12 heavy (non-hydrogen) atoms. The van der Waals surface area contributed by atoms with Gasteiger partial charge in [0.1, 0.15) is 0 Å². The van der Waals surface area contributed by atoms with Crippen molar-refractivity contribution in [2.24, 2.45) is 0 Å². The SMILES string of the molecule is CC1(c2ccccc2Br)CNC1. The van der Waals surface area contributed by atoms with E-state index in [1.807, 2.05) is 0 Å². The van der Waals surface area contributed by atoms with Gasteiger partial charge in [-0.15, -0.1) is 0 Å². The number of halogens is 1. The quantitative estimate of drug-likeness (QED) is 0.774. The predicted molar refractivity (Wildman–Crippen MR) is 54.4 cm³/mol. The van der Waals surface area contributed by atoms with Crippen LogP contribution in [0.25, 0.3) is 0 Å². The van der Waals surface area contributed by atoms with Crippen LogP contribution in [0.5, 0.6) is 0 Å². The molecule has 0 aromatic heterocycles. The molecule has 0 bridgehead atoms. The lowest BCUT2D eigenvalue weighted by molar-refractivity contribution is 0.304. The number of nitrogens with one attached hydrogen (secondary N) is 1. The summed E-state index contributed by atoms with van der Waals surface area (Å²) in [4.78, 5) is 0. The van der Waals surface area contributed by atoms with Crippen LogP contribution in [0.2, 0.25) is 0 Å². The van der Waals surface area contributed by atoms with Gasteiger partial charge in [-0.05, 0) is 11.6 Å². The molecule has 1 nitrogen and oxygen atoms in total. The molecule has 1 aromatic rings. The summed E-state index contributed by atoms with van der Waals surface area (Å²) < 4.78 is 1.23. The van der Waals surface area contributed by atoms with Gasteiger partial charge in [0.25, 0.3) is 0 Å². The van der Waals surface area contributed by atoms with Crippen molar-refractivity contribution in [3.63, 3.8) is 0 Å². The minimum absolute atomic E-state index is 0.347. The van der Waals surface area contributed by atoms with E-state index in [-0.39, 0.29) is 0 Å². The molecule has 1 N–H and O–H groups in total. The Bertz CT molecular complexity index is 292. The Labute approximate surface area is 81.3 Å². The lowest BCUT2D eigenvalue weighted by Crippen LogP contribution is -2.54. The second-order valence-corrected chi connectivity index (χ2v) is 4.50. The average molecular weight is 226 g/mol. The van der Waals surface area contributed by atoms with E-state index in [1.165, 1.54) is 10.0 Å². The highest BCUT2D eigenvalue weighted by atomic mass is 79.9. The minimum atomic E-state index is 0.347. The molecular weight excluding hydrogens is 214 g/mol. The Kier molecular flexibility index (Phi) is 1.97. The van der Waals surface area contributed by atoms with Crippen molar-refractivity contribution in [1.82, 2.24) is 5.32 Å². The van der Waals surface area contributed by atoms with E-state index in [0.717, 1.165) is 13.1 Å². The van der Waals surface area contributed by atoms with Crippen LogP contribution in [0.1, 0.15) is 12.5 Å². The average Bonchev–Trinajstić information content (AvgIpc) is 2.01. The molecule has 1 aliphatic heterocycles. The smallest absolute Gasteiger partial charge is 0.0213 e. The molecule has 0 radical (unpaired) electrons. The number of hydrogen-bond acceptors (Lipinski definition) is 1. The van der Waals surface area contributed by atoms with Crippen molar-refractivity contribution in [1.29, 1.82) is 0 Å². The summed E-state index contributed by atoms with van der Waals surface area (Å²) >= 11 is 3.58. The zero-order chi connectivity index (χ0) is 8.60. The van der Waals surface area contributed by atoms with Crippen LogP contribution in [0.4, 0.5) is 0 Å². The molecule has 64 valence electrons. The van der Waals surface area contributed by atoms with Gasteiger partial charge in [0.2, 0.25) is 0 Å². The molecule has 1 aliphatic rings. The van der Waals surface area contributed by atoms with Crippen molar-refractivity contribution in [2.45, 2.75) is 12.3 Å². The summed E-state index contributed by atoms with van der Waals surface area (Å²) in [5.74, 6) is 0. The highest BCUT2D eigenvalue weighted by Crippen LogP contribution is 2.32. The minimum Gasteiger partial charge on any atom is -0.315 e. The second kappa shape index (κ2) is 2.86. The van der Waals surface area contributed by atoms with Crippen molar-refractivity contribution in [3.8, 4) is 0 Å². The summed E-state index contributed by atoms with van der Waals surface area (Å²) in [6.07, 6.45) is 0. The molecule has 0 atom stereocenters. The Morgan fingerprint density at radius 2 is 2.00 bits per heavy atom. The van der Waals surface area contributed by atoms with Gasteiger partial charge in [-0.25, -0.2) is 0 Å². The number of benzene rings is 1. The van der Waals surface area contributed by atoms with E-state index < -0.39 is 0 Å². The third-order valence-electron chi connectivity index (χ3n) is 2.55. The molecule has 1 aromatic carbocycles. The predicted octanol–water partition coefficient (Wildman–Crippen LogP) is 2.31. The highest BCUT2D eigenvalue weighted by Gasteiger charge is 2.34. The Balaban J connectivity index is 2.39. The molecule has 0 spiro atoms. The van der Waals surface area contributed by atoms with Crippen LogP contribution in [-0.2, 0) is 5.41 Å². The Morgan fingerprint density at radius 3 is 2.50 bits per heavy atom. The van der Waals surface area contributed by atoms with Gasteiger partial charge in [0.05, 0.1) is 0 Å². The molecule has 2 rings (SSSR count). The first kappa shape index (κ1) is 8.27. The van der Waals surface area contributed by atoms with Crippen LogP contribution in [0.15, 0.2) is 28.7 Å². The summed E-state index contributed by atoms with van der Waals surface area (Å²) in [5, 5.41) is 3.31. The van der Waals surface area contributed by atoms with Crippen LogP contribution in [0, 0.1) is 0 Å². The monoisotopic (exact) mass is 225 g/mol. The lowest BCUT2D eigenvalue weighted by atomic mass is 9.77. The maximum Gasteiger partial charge on any atom is 0.0213 e. The summed E-state index contributed by atoms with van der Waals surface area (Å²) in [6.45, 7) is 4.48. The zero-order valence-corrected chi connectivity index (χ0v) is 8.69. The summed E-state index contributed by atoms with van der Waals surface area (Å²) in [5.41, 5.74) is 1.77. The molecule has 0 amide bonds. The molecule has 1 saturated heterocycles. The van der Waals surface area contributed by atoms with Gasteiger partial charge in [0, 0.05) is 23.0 Å². The van der Waals surface area contributed by atoms with E-state index in [9.17, 15) is 0 Å². The highest BCUT2D eigenvalue weighted by molar-refractivity contribution is 9.10. The standard InChI is InChI=1S/C10H12BrN/c1-10(6-12-7-10)8-4-2-3-5-9(8)11/h2-5,12H,6-7H2,1H3. The fourth-order valence-corrected chi connectivity index (χ4v) is 2.40. The topological polar surface area (TPSA) is 12.0 Å². The fraction of sp³-hybridized carbons (Fsp3) is 0.400. The van der Waals surface area contributed by atoms with Crippen LogP contribution < -0.4 is 5.32 Å². The third kappa shape index (κ3) is 1.19. The largest absolute Gasteiger partial charge is 0.315 e. The van der Waals surface area contributed by atoms with Crippen LogP contribution in [0.3, 0.4) is 0 Å². The van der Waals surface area contributed by atoms with Crippen LogP contribution >= 0.6 is 15.9 Å². The molecular formula is C10H12BrN. The van der Waals surface area contributed by atoms with Gasteiger partial charge < -0.3 is 5.32 Å². The van der Waals surface area contributed by atoms with Crippen LogP contribution in [-0.4, -0.2) is 13.1 Å². The van der Waals surface area contributed by atoms with Gasteiger partial charge in [-0.1, -0.05) is 41.1 Å². The fourth-order valence-electron chi connectivity index (χ4n) is 1.64. The van der Waals surface area contributed by atoms with Crippen molar-refractivity contribution in [2.75, 3.05) is 13.1 Å². The van der Waals surface area contributed by atoms with Gasteiger partial charge in [-0.2, -0.15) is 0 Å². The molecule has 2 heteroatoms.